The van der Waals surface area contributed by atoms with Crippen molar-refractivity contribution in [1.82, 2.24) is 19.8 Å². The van der Waals surface area contributed by atoms with Crippen molar-refractivity contribution >= 4 is 28.9 Å². The molecule has 1 saturated heterocycles. The molecule has 2 aliphatic rings. The minimum atomic E-state index is -0.645. The zero-order chi connectivity index (χ0) is 26.1. The van der Waals surface area contributed by atoms with E-state index in [0.717, 1.165) is 29.9 Å². The Bertz CT molecular complexity index is 1290. The molecule has 7 N–H and O–H groups in total. The third-order valence-corrected chi connectivity index (χ3v) is 7.20. The van der Waals surface area contributed by atoms with Gasteiger partial charge in [-0.2, -0.15) is 0 Å². The van der Waals surface area contributed by atoms with Crippen LogP contribution in [0.4, 0.5) is 23.0 Å². The van der Waals surface area contributed by atoms with Gasteiger partial charge in [0.25, 0.3) is 5.91 Å². The van der Waals surface area contributed by atoms with Gasteiger partial charge in [0.15, 0.2) is 0 Å². The Morgan fingerprint density at radius 3 is 2.62 bits per heavy atom. The molecule has 0 bridgehead atoms. The number of hydrogen-bond donors (Lipinski definition) is 5. The fourth-order valence-electron chi connectivity index (χ4n) is 5.40. The summed E-state index contributed by atoms with van der Waals surface area (Å²) in [7, 11) is 0. The topological polar surface area (TPSA) is 146 Å². The van der Waals surface area contributed by atoms with Crippen LogP contribution in [0.1, 0.15) is 39.2 Å². The summed E-state index contributed by atoms with van der Waals surface area (Å²) in [5.41, 5.74) is 15.4. The van der Waals surface area contributed by atoms with E-state index in [-0.39, 0.29) is 18.5 Å². The Morgan fingerprint density at radius 1 is 1.14 bits per heavy atom. The molecule has 194 valence electrons. The molecular formula is C27H34N8O2. The van der Waals surface area contributed by atoms with Crippen molar-refractivity contribution in [2.24, 2.45) is 5.84 Å². The van der Waals surface area contributed by atoms with E-state index >= 15 is 0 Å². The molecular weight excluding hydrogens is 468 g/mol. The standard InChI is InChI=1S/C27H34N8O2/c1-16-9-17(2)11-20(10-16)31-27-30-13-19-14-34(7-5-22(19)32-27)24-6-8-35(15-25(24)36)26(37)18-3-4-23(33-29)21(28)12-18/h3-4,9-13,24-25,33,36H,5-8,14-15,28-29H2,1-2H3,(H,30,31,32). The predicted molar refractivity (Wildman–Crippen MR) is 144 cm³/mol. The van der Waals surface area contributed by atoms with Gasteiger partial charge in [-0.25, -0.2) is 9.97 Å². The van der Waals surface area contributed by atoms with E-state index in [1.165, 1.54) is 11.1 Å². The number of aromatic nitrogens is 2. The molecule has 10 heteroatoms. The molecule has 3 aromatic rings. The van der Waals surface area contributed by atoms with Crippen molar-refractivity contribution in [2.45, 2.75) is 45.4 Å². The average Bonchev–Trinajstić information content (AvgIpc) is 2.87. The summed E-state index contributed by atoms with van der Waals surface area (Å²) in [5, 5.41) is 14.3. The van der Waals surface area contributed by atoms with Gasteiger partial charge in [-0.05, 0) is 61.7 Å². The van der Waals surface area contributed by atoms with Crippen molar-refractivity contribution < 1.29 is 9.90 Å². The van der Waals surface area contributed by atoms with E-state index in [1.54, 1.807) is 23.1 Å². The summed E-state index contributed by atoms with van der Waals surface area (Å²) >= 11 is 0. The lowest BCUT2D eigenvalue weighted by Crippen LogP contribution is -2.56. The number of nitrogens with one attached hydrogen (secondary N) is 2. The maximum atomic E-state index is 13.0. The molecule has 0 aliphatic carbocycles. The van der Waals surface area contributed by atoms with Gasteiger partial charge in [0.2, 0.25) is 5.95 Å². The van der Waals surface area contributed by atoms with Gasteiger partial charge >= 0.3 is 0 Å². The van der Waals surface area contributed by atoms with E-state index in [2.05, 4.69) is 52.7 Å². The second-order valence-electron chi connectivity index (χ2n) is 10.0. The third kappa shape index (κ3) is 5.36. The van der Waals surface area contributed by atoms with Crippen LogP contribution in [0.3, 0.4) is 0 Å². The van der Waals surface area contributed by atoms with Gasteiger partial charge in [-0.3, -0.25) is 15.5 Å². The van der Waals surface area contributed by atoms with Crippen LogP contribution in [-0.4, -0.2) is 62.6 Å². The Labute approximate surface area is 216 Å². The zero-order valence-electron chi connectivity index (χ0n) is 21.2. The lowest BCUT2D eigenvalue weighted by atomic mass is 9.96. The number of nitrogens with zero attached hydrogens (tertiary/aromatic N) is 4. The predicted octanol–water partition coefficient (Wildman–Crippen LogP) is 2.34. The highest BCUT2D eigenvalue weighted by atomic mass is 16.3. The number of fused-ring (bicyclic) bond motifs is 1. The van der Waals surface area contributed by atoms with Crippen molar-refractivity contribution in [2.75, 3.05) is 36.1 Å². The number of aliphatic hydroxyl groups excluding tert-OH is 1. The normalized spacial score (nSPS) is 19.8. The van der Waals surface area contributed by atoms with E-state index in [9.17, 15) is 9.90 Å². The van der Waals surface area contributed by atoms with Crippen LogP contribution in [0.25, 0.3) is 0 Å². The number of nitrogen functional groups attached to an aromatic ring is 2. The first-order valence-corrected chi connectivity index (χ1v) is 12.6. The second kappa shape index (κ2) is 10.3. The van der Waals surface area contributed by atoms with Gasteiger partial charge in [-0.15, -0.1) is 0 Å². The van der Waals surface area contributed by atoms with Crippen molar-refractivity contribution in [3.8, 4) is 0 Å². The molecule has 37 heavy (non-hydrogen) atoms. The van der Waals surface area contributed by atoms with Gasteiger partial charge in [-0.1, -0.05) is 6.07 Å². The van der Waals surface area contributed by atoms with Crippen LogP contribution >= 0.6 is 0 Å². The second-order valence-corrected chi connectivity index (χ2v) is 10.0. The van der Waals surface area contributed by atoms with Gasteiger partial charge < -0.3 is 26.5 Å². The highest BCUT2D eigenvalue weighted by Gasteiger charge is 2.36. The summed E-state index contributed by atoms with van der Waals surface area (Å²) in [6.45, 7) is 6.46. The Kier molecular flexibility index (Phi) is 6.96. The number of benzene rings is 2. The molecule has 10 nitrogen and oxygen atoms in total. The number of hydrogen-bond acceptors (Lipinski definition) is 9. The fraction of sp³-hybridized carbons (Fsp3) is 0.370. The summed E-state index contributed by atoms with van der Waals surface area (Å²) in [5.74, 6) is 5.88. The zero-order valence-corrected chi connectivity index (χ0v) is 21.2. The average molecular weight is 503 g/mol. The van der Waals surface area contributed by atoms with E-state index in [1.807, 2.05) is 6.20 Å². The molecule has 1 fully saturated rings. The molecule has 2 atom stereocenters. The number of hydrazine groups is 1. The molecule has 2 unspecified atom stereocenters. The van der Waals surface area contributed by atoms with Crippen LogP contribution in [0.5, 0.6) is 0 Å². The number of nitrogens with two attached hydrogens (primary N) is 2. The molecule has 3 heterocycles. The Hall–Kier alpha value is -3.73. The van der Waals surface area contributed by atoms with E-state index in [4.69, 9.17) is 16.6 Å². The molecule has 1 aromatic heterocycles. The maximum Gasteiger partial charge on any atom is 0.254 e. The molecule has 0 saturated carbocycles. The number of likely N-dealkylation sites (tertiary alicyclic amines) is 1. The Balaban J connectivity index is 1.21. The number of piperidine rings is 1. The first-order chi connectivity index (χ1) is 17.8. The molecule has 5 rings (SSSR count). The third-order valence-electron chi connectivity index (χ3n) is 7.20. The minimum absolute atomic E-state index is 0.0286. The highest BCUT2D eigenvalue weighted by Crippen LogP contribution is 2.27. The summed E-state index contributed by atoms with van der Waals surface area (Å²) < 4.78 is 0. The molecule has 2 aliphatic heterocycles. The first kappa shape index (κ1) is 24.9. The summed E-state index contributed by atoms with van der Waals surface area (Å²) in [4.78, 5) is 26.3. The first-order valence-electron chi connectivity index (χ1n) is 12.6. The van der Waals surface area contributed by atoms with Crippen molar-refractivity contribution in [1.29, 1.82) is 0 Å². The number of aliphatic hydroxyl groups is 1. The van der Waals surface area contributed by atoms with Crippen LogP contribution < -0.4 is 22.3 Å². The molecule has 1 amide bonds. The summed E-state index contributed by atoms with van der Waals surface area (Å²) in [6.07, 6.45) is 2.71. The van der Waals surface area contributed by atoms with E-state index < -0.39 is 6.10 Å². The number of carbonyl (C=O) groups is 1. The lowest BCUT2D eigenvalue weighted by molar-refractivity contribution is -0.0139. The number of rotatable bonds is 5. The maximum absolute atomic E-state index is 13.0. The SMILES string of the molecule is Cc1cc(C)cc(Nc2ncc3c(n2)CCN(C2CCN(C(=O)c4ccc(NN)c(N)c4)CC2O)C3)c1. The van der Waals surface area contributed by atoms with Gasteiger partial charge in [0.1, 0.15) is 0 Å². The Morgan fingerprint density at radius 2 is 1.92 bits per heavy atom. The number of β-amino-alcohol motifs (C(OH)–C–C–N with tert-alkyl or cyclic N) is 1. The van der Waals surface area contributed by atoms with E-state index in [0.29, 0.717) is 42.4 Å². The number of aryl methyl sites for hydroxylation is 2. The molecule has 2 aromatic carbocycles. The molecule has 0 spiro atoms. The van der Waals surface area contributed by atoms with Crippen LogP contribution in [0, 0.1) is 13.8 Å². The van der Waals surface area contributed by atoms with Crippen LogP contribution in [0.15, 0.2) is 42.6 Å². The van der Waals surface area contributed by atoms with Crippen LogP contribution in [0.2, 0.25) is 0 Å². The fourth-order valence-corrected chi connectivity index (χ4v) is 5.40. The smallest absolute Gasteiger partial charge is 0.254 e. The monoisotopic (exact) mass is 502 g/mol. The highest BCUT2D eigenvalue weighted by molar-refractivity contribution is 5.96. The van der Waals surface area contributed by atoms with Crippen molar-refractivity contribution in [3.05, 3.63) is 70.5 Å². The summed E-state index contributed by atoms with van der Waals surface area (Å²) in [6, 6.07) is 11.3. The van der Waals surface area contributed by atoms with Crippen molar-refractivity contribution in [3.63, 3.8) is 0 Å². The lowest BCUT2D eigenvalue weighted by Gasteiger charge is -2.43. The largest absolute Gasteiger partial charge is 0.397 e. The number of amides is 1. The number of anilines is 4. The number of carbonyl (C=O) groups excluding carboxylic acids is 1. The van der Waals surface area contributed by atoms with Gasteiger partial charge in [0.05, 0.1) is 23.2 Å². The minimum Gasteiger partial charge on any atom is -0.397 e. The molecule has 0 radical (unpaired) electrons. The quantitative estimate of drug-likeness (QED) is 0.202. The van der Waals surface area contributed by atoms with Gasteiger partial charge in [0, 0.05) is 61.7 Å². The van der Waals surface area contributed by atoms with Crippen LogP contribution in [-0.2, 0) is 13.0 Å².